The first-order valence-corrected chi connectivity index (χ1v) is 5.20. The lowest BCUT2D eigenvalue weighted by Gasteiger charge is -2.29. The van der Waals surface area contributed by atoms with Gasteiger partial charge in [0.15, 0.2) is 0 Å². The van der Waals surface area contributed by atoms with Crippen LogP contribution in [0.5, 0.6) is 0 Å². The van der Waals surface area contributed by atoms with Gasteiger partial charge in [-0.25, -0.2) is 0 Å². The van der Waals surface area contributed by atoms with Crippen LogP contribution in [0.3, 0.4) is 0 Å². The van der Waals surface area contributed by atoms with Gasteiger partial charge in [0.05, 0.1) is 0 Å². The van der Waals surface area contributed by atoms with Gasteiger partial charge in [0, 0.05) is 38.6 Å². The van der Waals surface area contributed by atoms with E-state index in [4.69, 9.17) is 0 Å². The average molecular weight is 194 g/mol. The molecule has 1 heterocycles. The summed E-state index contributed by atoms with van der Waals surface area (Å²) in [6.07, 6.45) is 1.47. The number of piperazine rings is 1. The molecule has 0 atom stereocenters. The number of carbonyl (C=O) groups excluding carboxylic acids is 1. The van der Waals surface area contributed by atoms with Crippen LogP contribution in [-0.2, 0) is 4.79 Å². The lowest BCUT2D eigenvalue weighted by atomic mass is 10.2. The largest absolute Gasteiger partial charge is 0.330 e. The highest BCUT2D eigenvalue weighted by Gasteiger charge is 2.10. The molecule has 0 aromatic carbocycles. The van der Waals surface area contributed by atoms with Crippen LogP contribution < -0.4 is 0 Å². The second-order valence-electron chi connectivity index (χ2n) is 3.70. The van der Waals surface area contributed by atoms with E-state index in [1.807, 2.05) is 11.8 Å². The van der Waals surface area contributed by atoms with Gasteiger partial charge in [-0.2, -0.15) is 0 Å². The highest BCUT2D eigenvalue weighted by Crippen LogP contribution is 1.96. The van der Waals surface area contributed by atoms with Crippen molar-refractivity contribution in [3.8, 4) is 12.0 Å². The van der Waals surface area contributed by atoms with Gasteiger partial charge >= 0.3 is 0 Å². The summed E-state index contributed by atoms with van der Waals surface area (Å²) < 4.78 is 0. The van der Waals surface area contributed by atoms with E-state index in [1.165, 1.54) is 0 Å². The molecule has 0 spiro atoms. The summed E-state index contributed by atoms with van der Waals surface area (Å²) in [5.74, 6) is 2.75. The molecule has 0 saturated carbocycles. The van der Waals surface area contributed by atoms with Crippen molar-refractivity contribution in [3.05, 3.63) is 0 Å². The second-order valence-corrected chi connectivity index (χ2v) is 3.70. The highest BCUT2D eigenvalue weighted by atomic mass is 16.1. The molecule has 0 aliphatic carbocycles. The molecule has 1 saturated heterocycles. The Labute approximate surface area is 86.1 Å². The Morgan fingerprint density at radius 2 is 1.93 bits per heavy atom. The highest BCUT2D eigenvalue weighted by molar-refractivity contribution is 5.95. The van der Waals surface area contributed by atoms with Crippen molar-refractivity contribution < 1.29 is 4.79 Å². The molecule has 1 aliphatic rings. The van der Waals surface area contributed by atoms with E-state index in [9.17, 15) is 4.79 Å². The summed E-state index contributed by atoms with van der Waals surface area (Å²) in [6, 6.07) is 2.93. The van der Waals surface area contributed by atoms with Gasteiger partial charge in [-0.15, -0.1) is 0 Å². The van der Waals surface area contributed by atoms with Crippen LogP contribution in [-0.4, -0.2) is 48.8 Å². The summed E-state index contributed by atoms with van der Waals surface area (Å²) in [5.41, 5.74) is 0. The van der Waals surface area contributed by atoms with Crippen LogP contribution in [0, 0.1) is 12.0 Å². The zero-order chi connectivity index (χ0) is 10.4. The van der Waals surface area contributed by atoms with Gasteiger partial charge in [0.1, 0.15) is 0 Å². The lowest BCUT2D eigenvalue weighted by molar-refractivity contribution is -0.113. The number of ketones is 1. The summed E-state index contributed by atoms with van der Waals surface area (Å²) in [4.78, 5) is 15.4. The Bertz CT molecular complexity index is 244. The van der Waals surface area contributed by atoms with Crippen molar-refractivity contribution in [3.63, 3.8) is 0 Å². The minimum Gasteiger partial charge on any atom is -0.330 e. The van der Waals surface area contributed by atoms with Gasteiger partial charge in [-0.3, -0.25) is 4.79 Å². The normalized spacial score (nSPS) is 17.4. The van der Waals surface area contributed by atoms with E-state index < -0.39 is 0 Å². The van der Waals surface area contributed by atoms with Gasteiger partial charge in [-0.05, 0) is 19.4 Å². The Kier molecular flexibility index (Phi) is 4.48. The van der Waals surface area contributed by atoms with E-state index in [-0.39, 0.29) is 5.78 Å². The van der Waals surface area contributed by atoms with E-state index in [1.54, 1.807) is 0 Å². The monoisotopic (exact) mass is 194 g/mol. The summed E-state index contributed by atoms with van der Waals surface area (Å²) >= 11 is 0. The van der Waals surface area contributed by atoms with Crippen molar-refractivity contribution in [1.82, 2.24) is 9.80 Å². The molecule has 1 aliphatic heterocycles. The number of hydrogen-bond acceptors (Lipinski definition) is 3. The maximum absolute atomic E-state index is 11.1. The van der Waals surface area contributed by atoms with E-state index in [2.05, 4.69) is 23.9 Å². The molecule has 3 nitrogen and oxygen atoms in total. The molecule has 78 valence electrons. The Balaban J connectivity index is 2.32. The predicted octanol–water partition coefficient (Wildman–Crippen LogP) is 0.564. The van der Waals surface area contributed by atoms with Crippen molar-refractivity contribution in [2.75, 3.05) is 33.2 Å². The summed E-state index contributed by atoms with van der Waals surface area (Å²) in [7, 11) is 2.10. The van der Waals surface area contributed by atoms with Crippen LogP contribution >= 0.6 is 0 Å². The molecule has 14 heavy (non-hydrogen) atoms. The second kappa shape index (κ2) is 5.66. The molecular formula is C11H18N2O. The van der Waals surface area contributed by atoms with Crippen molar-refractivity contribution in [2.45, 2.75) is 19.8 Å². The number of likely N-dealkylation sites (N-methyl/N-ethyl adjacent to an activating group) is 1. The Morgan fingerprint density at radius 1 is 1.29 bits per heavy atom. The lowest BCUT2D eigenvalue weighted by Crippen LogP contribution is -2.42. The van der Waals surface area contributed by atoms with Gasteiger partial charge in [0.25, 0.3) is 0 Å². The first-order valence-electron chi connectivity index (χ1n) is 5.20. The first kappa shape index (κ1) is 11.1. The van der Waals surface area contributed by atoms with E-state index >= 15 is 0 Å². The molecular weight excluding hydrogens is 176 g/mol. The minimum absolute atomic E-state index is 0.0615. The Morgan fingerprint density at radius 3 is 2.50 bits per heavy atom. The fourth-order valence-corrected chi connectivity index (χ4v) is 1.35. The number of Topliss-reactive ketones (excluding diaryl/α,β-unsaturated/α-hetero) is 1. The SMILES string of the molecule is CCCC(=O)C#CN1CCN(C)CC1. The van der Waals surface area contributed by atoms with Crippen molar-refractivity contribution >= 4 is 5.78 Å². The van der Waals surface area contributed by atoms with Crippen LogP contribution in [0.4, 0.5) is 0 Å². The Hall–Kier alpha value is -1.01. The predicted molar refractivity (Wildman–Crippen MR) is 56.8 cm³/mol. The minimum atomic E-state index is 0.0615. The number of hydrogen-bond donors (Lipinski definition) is 0. The molecule has 0 radical (unpaired) electrons. The van der Waals surface area contributed by atoms with Gasteiger partial charge in [-0.1, -0.05) is 6.92 Å². The quantitative estimate of drug-likeness (QED) is 0.600. The third-order valence-electron chi connectivity index (χ3n) is 2.33. The zero-order valence-corrected chi connectivity index (χ0v) is 9.05. The fraction of sp³-hybridized carbons (Fsp3) is 0.727. The average Bonchev–Trinajstić information content (AvgIpc) is 2.17. The smallest absolute Gasteiger partial charge is 0.207 e. The summed E-state index contributed by atoms with van der Waals surface area (Å²) in [5, 5.41) is 0. The number of nitrogens with zero attached hydrogens (tertiary/aromatic N) is 2. The molecule has 3 heteroatoms. The molecule has 0 amide bonds. The van der Waals surface area contributed by atoms with Crippen LogP contribution in [0.25, 0.3) is 0 Å². The molecule has 0 N–H and O–H groups in total. The molecule has 0 aromatic heterocycles. The maximum atomic E-state index is 11.1. The molecule has 0 unspecified atom stereocenters. The zero-order valence-electron chi connectivity index (χ0n) is 9.05. The third-order valence-corrected chi connectivity index (χ3v) is 2.33. The maximum Gasteiger partial charge on any atom is 0.207 e. The molecule has 1 rings (SSSR count). The van der Waals surface area contributed by atoms with E-state index in [0.29, 0.717) is 6.42 Å². The van der Waals surface area contributed by atoms with Crippen molar-refractivity contribution in [1.29, 1.82) is 0 Å². The number of carbonyl (C=O) groups is 1. The van der Waals surface area contributed by atoms with Crippen molar-refractivity contribution in [2.24, 2.45) is 0 Å². The van der Waals surface area contributed by atoms with E-state index in [0.717, 1.165) is 32.6 Å². The van der Waals surface area contributed by atoms with Crippen LogP contribution in [0.2, 0.25) is 0 Å². The van der Waals surface area contributed by atoms with Gasteiger partial charge < -0.3 is 9.80 Å². The fourth-order valence-electron chi connectivity index (χ4n) is 1.35. The van der Waals surface area contributed by atoms with Crippen LogP contribution in [0.1, 0.15) is 19.8 Å². The summed E-state index contributed by atoms with van der Waals surface area (Å²) in [6.45, 7) is 5.97. The molecule has 0 bridgehead atoms. The van der Waals surface area contributed by atoms with Gasteiger partial charge in [0.2, 0.25) is 5.78 Å². The topological polar surface area (TPSA) is 23.6 Å². The molecule has 0 aromatic rings. The number of rotatable bonds is 2. The van der Waals surface area contributed by atoms with Crippen LogP contribution in [0.15, 0.2) is 0 Å². The molecule has 1 fully saturated rings. The standard InChI is InChI=1S/C11H18N2O/c1-3-4-11(14)5-6-13-9-7-12(2)8-10-13/h3-4,7-10H2,1-2H3. The third kappa shape index (κ3) is 3.80. The first-order chi connectivity index (χ1) is 6.72.